The Bertz CT molecular complexity index is 351. The van der Waals surface area contributed by atoms with E-state index < -0.39 is 12.2 Å². The van der Waals surface area contributed by atoms with Gasteiger partial charge in [-0.15, -0.1) is 12.6 Å². The summed E-state index contributed by atoms with van der Waals surface area (Å²) in [5.41, 5.74) is 0.999. The molecule has 4 heteroatoms. The molecule has 0 aliphatic heterocycles. The third-order valence-corrected chi connectivity index (χ3v) is 2.96. The number of hydrogen-bond donors (Lipinski definition) is 3. The van der Waals surface area contributed by atoms with Crippen LogP contribution < -0.4 is 0 Å². The van der Waals surface area contributed by atoms with Gasteiger partial charge >= 0.3 is 0 Å². The summed E-state index contributed by atoms with van der Waals surface area (Å²) in [6.45, 7) is 1.89. The van der Waals surface area contributed by atoms with Crippen molar-refractivity contribution in [3.8, 4) is 0 Å². The van der Waals surface area contributed by atoms with Gasteiger partial charge in [-0.2, -0.15) is 0 Å². The Kier molecular flexibility index (Phi) is 6.29. The molecule has 17 heavy (non-hydrogen) atoms. The van der Waals surface area contributed by atoms with Crippen LogP contribution in [0.5, 0.6) is 0 Å². The summed E-state index contributed by atoms with van der Waals surface area (Å²) < 4.78 is 5.47. The fraction of sp³-hybridized carbons (Fsp3) is 0.385. The second-order valence-corrected chi connectivity index (χ2v) is 4.19. The maximum absolute atomic E-state index is 9.83. The van der Waals surface area contributed by atoms with Crippen molar-refractivity contribution >= 4 is 12.6 Å². The fourth-order valence-corrected chi connectivity index (χ4v) is 1.55. The molecule has 0 aliphatic carbocycles. The van der Waals surface area contributed by atoms with Gasteiger partial charge in [-0.3, -0.25) is 0 Å². The van der Waals surface area contributed by atoms with Gasteiger partial charge in [0, 0.05) is 4.91 Å². The zero-order chi connectivity index (χ0) is 12.7. The van der Waals surface area contributed by atoms with Crippen LogP contribution >= 0.6 is 12.6 Å². The molecule has 0 saturated heterocycles. The largest absolute Gasteiger partial charge is 0.394 e. The van der Waals surface area contributed by atoms with Gasteiger partial charge in [-0.1, -0.05) is 36.4 Å². The van der Waals surface area contributed by atoms with Crippen LogP contribution in [-0.4, -0.2) is 29.0 Å². The lowest BCUT2D eigenvalue weighted by molar-refractivity contribution is -0.0551. The first-order valence-electron chi connectivity index (χ1n) is 5.48. The van der Waals surface area contributed by atoms with E-state index in [0.717, 1.165) is 5.56 Å². The number of allylic oxidation sites excluding steroid dienone is 1. The van der Waals surface area contributed by atoms with Crippen LogP contribution in [0.2, 0.25) is 0 Å². The fourth-order valence-electron chi connectivity index (χ4n) is 1.38. The number of thiol groups is 1. The molecule has 1 aromatic rings. The minimum Gasteiger partial charge on any atom is -0.394 e. The number of rotatable bonds is 6. The van der Waals surface area contributed by atoms with E-state index >= 15 is 0 Å². The van der Waals surface area contributed by atoms with Crippen molar-refractivity contribution in [1.29, 1.82) is 0 Å². The Morgan fingerprint density at radius 3 is 2.59 bits per heavy atom. The van der Waals surface area contributed by atoms with Crippen LogP contribution in [0.15, 0.2) is 41.3 Å². The molecule has 0 radical (unpaired) electrons. The minimum absolute atomic E-state index is 0.244. The van der Waals surface area contributed by atoms with E-state index in [-0.39, 0.29) is 6.61 Å². The molecule has 0 aliphatic rings. The molecule has 1 rings (SSSR count). The van der Waals surface area contributed by atoms with Crippen LogP contribution in [0, 0.1) is 0 Å². The molecule has 2 N–H and O–H groups in total. The van der Waals surface area contributed by atoms with E-state index in [1.54, 1.807) is 13.0 Å². The highest BCUT2D eigenvalue weighted by molar-refractivity contribution is 7.84. The monoisotopic (exact) mass is 254 g/mol. The minimum atomic E-state index is -0.892. The number of benzene rings is 1. The number of aliphatic hydroxyl groups excluding tert-OH is 2. The summed E-state index contributed by atoms with van der Waals surface area (Å²) in [5, 5.41) is 19.0. The van der Waals surface area contributed by atoms with Gasteiger partial charge in [-0.05, 0) is 12.5 Å². The van der Waals surface area contributed by atoms with Crippen molar-refractivity contribution in [3.05, 3.63) is 46.9 Å². The molecule has 94 valence electrons. The highest BCUT2D eigenvalue weighted by Crippen LogP contribution is 2.14. The topological polar surface area (TPSA) is 49.7 Å². The van der Waals surface area contributed by atoms with Gasteiger partial charge in [0.2, 0.25) is 0 Å². The summed E-state index contributed by atoms with van der Waals surface area (Å²) in [6, 6.07) is 9.61. The Hall–Kier alpha value is -0.810. The third-order valence-electron chi connectivity index (χ3n) is 2.44. The molecule has 0 spiro atoms. The molecule has 0 aromatic heterocycles. The van der Waals surface area contributed by atoms with Gasteiger partial charge in [0.1, 0.15) is 12.2 Å². The Balaban J connectivity index is 2.53. The SMILES string of the molecule is C/C=C(\S)C(O)C(CO)OCc1ccccc1. The van der Waals surface area contributed by atoms with Crippen molar-refractivity contribution in [3.63, 3.8) is 0 Å². The molecule has 0 bridgehead atoms. The second kappa shape index (κ2) is 7.50. The predicted octanol–water partition coefficient (Wildman–Crippen LogP) is 1.76. The zero-order valence-corrected chi connectivity index (χ0v) is 10.7. The summed E-state index contributed by atoms with van der Waals surface area (Å²) in [7, 11) is 0. The average molecular weight is 254 g/mol. The Labute approximate surface area is 107 Å². The van der Waals surface area contributed by atoms with E-state index in [1.807, 2.05) is 30.3 Å². The van der Waals surface area contributed by atoms with E-state index in [1.165, 1.54) is 0 Å². The Morgan fingerprint density at radius 2 is 2.06 bits per heavy atom. The molecule has 0 amide bonds. The maximum Gasteiger partial charge on any atom is 0.113 e. The molecule has 2 unspecified atom stereocenters. The smallest absolute Gasteiger partial charge is 0.113 e. The van der Waals surface area contributed by atoms with Gasteiger partial charge in [0.25, 0.3) is 0 Å². The first-order valence-corrected chi connectivity index (χ1v) is 5.93. The summed E-state index contributed by atoms with van der Waals surface area (Å²) >= 11 is 4.12. The molecule has 2 atom stereocenters. The van der Waals surface area contributed by atoms with Crippen molar-refractivity contribution in [2.75, 3.05) is 6.61 Å². The van der Waals surface area contributed by atoms with E-state index in [0.29, 0.717) is 11.5 Å². The first kappa shape index (κ1) is 14.3. The van der Waals surface area contributed by atoms with Crippen LogP contribution in [-0.2, 0) is 11.3 Å². The normalized spacial score (nSPS) is 15.6. The van der Waals surface area contributed by atoms with Crippen LogP contribution in [0.4, 0.5) is 0 Å². The maximum atomic E-state index is 9.83. The standard InChI is InChI=1S/C13H18O3S/c1-2-12(17)13(15)11(8-14)16-9-10-6-4-3-5-7-10/h2-7,11,13-15,17H,8-9H2,1H3/b12-2-. The lowest BCUT2D eigenvalue weighted by atomic mass is 10.2. The average Bonchev–Trinajstić information content (AvgIpc) is 2.39. The number of aliphatic hydroxyl groups is 2. The lowest BCUT2D eigenvalue weighted by Gasteiger charge is -2.21. The van der Waals surface area contributed by atoms with Crippen LogP contribution in [0.3, 0.4) is 0 Å². The van der Waals surface area contributed by atoms with Gasteiger partial charge < -0.3 is 14.9 Å². The summed E-state index contributed by atoms with van der Waals surface area (Å²) in [5.74, 6) is 0. The molecule has 0 heterocycles. The van der Waals surface area contributed by atoms with E-state index in [2.05, 4.69) is 12.6 Å². The lowest BCUT2D eigenvalue weighted by Crippen LogP contribution is -2.32. The van der Waals surface area contributed by atoms with Crippen molar-refractivity contribution in [2.45, 2.75) is 25.7 Å². The molecule has 0 fully saturated rings. The number of ether oxygens (including phenoxy) is 1. The Morgan fingerprint density at radius 1 is 1.41 bits per heavy atom. The van der Waals surface area contributed by atoms with Crippen molar-refractivity contribution in [2.24, 2.45) is 0 Å². The highest BCUT2D eigenvalue weighted by Gasteiger charge is 2.20. The van der Waals surface area contributed by atoms with Gasteiger partial charge in [0.15, 0.2) is 0 Å². The molecular formula is C13H18O3S. The zero-order valence-electron chi connectivity index (χ0n) is 9.78. The van der Waals surface area contributed by atoms with Crippen molar-refractivity contribution < 1.29 is 14.9 Å². The summed E-state index contributed by atoms with van der Waals surface area (Å²) in [6.07, 6.45) is 0.137. The third kappa shape index (κ3) is 4.52. The van der Waals surface area contributed by atoms with Crippen LogP contribution in [0.1, 0.15) is 12.5 Å². The molecule has 3 nitrogen and oxygen atoms in total. The van der Waals surface area contributed by atoms with Gasteiger partial charge in [0.05, 0.1) is 13.2 Å². The predicted molar refractivity (Wildman–Crippen MR) is 70.9 cm³/mol. The number of hydrogen-bond acceptors (Lipinski definition) is 4. The summed E-state index contributed by atoms with van der Waals surface area (Å²) in [4.78, 5) is 0.497. The van der Waals surface area contributed by atoms with Crippen molar-refractivity contribution in [1.82, 2.24) is 0 Å². The highest BCUT2D eigenvalue weighted by atomic mass is 32.1. The van der Waals surface area contributed by atoms with Gasteiger partial charge in [-0.25, -0.2) is 0 Å². The van der Waals surface area contributed by atoms with E-state index in [4.69, 9.17) is 4.74 Å². The van der Waals surface area contributed by atoms with E-state index in [9.17, 15) is 10.2 Å². The molecule has 0 saturated carbocycles. The second-order valence-electron chi connectivity index (χ2n) is 3.68. The first-order chi connectivity index (χ1) is 8.19. The van der Waals surface area contributed by atoms with Crippen LogP contribution in [0.25, 0.3) is 0 Å². The molecular weight excluding hydrogens is 236 g/mol. The molecule has 1 aromatic carbocycles. The quantitative estimate of drug-likeness (QED) is 0.678.